The summed E-state index contributed by atoms with van der Waals surface area (Å²) in [7, 11) is 0. The molecular weight excluding hydrogens is 242 g/mol. The van der Waals surface area contributed by atoms with Crippen molar-refractivity contribution in [1.82, 2.24) is 4.98 Å². The second-order valence-electron chi connectivity index (χ2n) is 5.49. The summed E-state index contributed by atoms with van der Waals surface area (Å²) in [6.07, 6.45) is 0. The van der Waals surface area contributed by atoms with Crippen molar-refractivity contribution in [1.29, 1.82) is 0 Å². The van der Waals surface area contributed by atoms with Crippen LogP contribution in [-0.4, -0.2) is 4.98 Å². The van der Waals surface area contributed by atoms with E-state index in [9.17, 15) is 0 Å². The Bertz CT molecular complexity index is 967. The molecule has 0 N–H and O–H groups in total. The predicted octanol–water partition coefficient (Wildman–Crippen LogP) is 5.16. The van der Waals surface area contributed by atoms with Gasteiger partial charge < -0.3 is 0 Å². The number of fused-ring (bicyclic) bond motifs is 4. The third-order valence-electron chi connectivity index (χ3n) is 3.99. The summed E-state index contributed by atoms with van der Waals surface area (Å²) in [5.41, 5.74) is 4.72. The first-order chi connectivity index (χ1) is 9.72. The summed E-state index contributed by atoms with van der Waals surface area (Å²) in [5, 5.41) is 5.07. The zero-order valence-electron chi connectivity index (χ0n) is 11.6. The molecule has 0 bridgehead atoms. The first kappa shape index (κ1) is 11.4. The fraction of sp³-hybridized carbons (Fsp3) is 0.105. The van der Waals surface area contributed by atoms with Crippen molar-refractivity contribution in [2.75, 3.05) is 0 Å². The van der Waals surface area contributed by atoms with Gasteiger partial charge in [-0.2, -0.15) is 0 Å². The van der Waals surface area contributed by atoms with Gasteiger partial charge in [0, 0.05) is 10.8 Å². The van der Waals surface area contributed by atoms with Gasteiger partial charge in [0.15, 0.2) is 0 Å². The highest BCUT2D eigenvalue weighted by atomic mass is 14.7. The van der Waals surface area contributed by atoms with E-state index in [0.29, 0.717) is 0 Å². The molecule has 0 unspecified atom stereocenters. The van der Waals surface area contributed by atoms with Crippen molar-refractivity contribution in [2.45, 2.75) is 13.8 Å². The van der Waals surface area contributed by atoms with E-state index in [1.165, 1.54) is 32.7 Å². The number of nitrogens with zero attached hydrogens (tertiary/aromatic N) is 1. The van der Waals surface area contributed by atoms with E-state index in [2.05, 4.69) is 68.4 Å². The molecule has 1 heteroatoms. The Morgan fingerprint density at radius 2 is 1.60 bits per heavy atom. The third-order valence-corrected chi connectivity index (χ3v) is 3.99. The topological polar surface area (TPSA) is 12.9 Å². The highest BCUT2D eigenvalue weighted by Gasteiger charge is 2.06. The van der Waals surface area contributed by atoms with Crippen LogP contribution in [0.5, 0.6) is 0 Å². The highest BCUT2D eigenvalue weighted by Crippen LogP contribution is 2.29. The molecule has 0 radical (unpaired) electrons. The lowest BCUT2D eigenvalue weighted by atomic mass is 9.99. The predicted molar refractivity (Wildman–Crippen MR) is 86.2 cm³/mol. The summed E-state index contributed by atoms with van der Waals surface area (Å²) >= 11 is 0. The first-order valence-corrected chi connectivity index (χ1v) is 6.92. The van der Waals surface area contributed by atoms with Gasteiger partial charge in [0.25, 0.3) is 0 Å². The van der Waals surface area contributed by atoms with Gasteiger partial charge in [-0.25, -0.2) is 4.98 Å². The van der Waals surface area contributed by atoms with Crippen LogP contribution in [0.4, 0.5) is 0 Å². The second kappa shape index (κ2) is 4.04. The Hall–Kier alpha value is -2.41. The molecule has 1 aromatic heterocycles. The maximum absolute atomic E-state index is 4.81. The lowest BCUT2D eigenvalue weighted by Crippen LogP contribution is -1.86. The van der Waals surface area contributed by atoms with Crippen LogP contribution in [0.15, 0.2) is 54.6 Å². The van der Waals surface area contributed by atoms with Crippen LogP contribution < -0.4 is 0 Å². The summed E-state index contributed by atoms with van der Waals surface area (Å²) in [6.45, 7) is 4.29. The molecule has 4 rings (SSSR count). The SMILES string of the molecule is Cc1ccc2nc3ccc4cccc(C)c4c3cc2c1. The maximum atomic E-state index is 4.81. The van der Waals surface area contributed by atoms with Gasteiger partial charge in [-0.15, -0.1) is 0 Å². The summed E-state index contributed by atoms with van der Waals surface area (Å²) < 4.78 is 0. The summed E-state index contributed by atoms with van der Waals surface area (Å²) in [4.78, 5) is 4.81. The molecule has 1 nitrogen and oxygen atoms in total. The molecule has 0 aliphatic rings. The van der Waals surface area contributed by atoms with Crippen molar-refractivity contribution >= 4 is 32.6 Å². The van der Waals surface area contributed by atoms with E-state index >= 15 is 0 Å². The molecule has 0 saturated carbocycles. The normalized spacial score (nSPS) is 11.5. The van der Waals surface area contributed by atoms with Gasteiger partial charge in [0.05, 0.1) is 11.0 Å². The van der Waals surface area contributed by atoms with Crippen molar-refractivity contribution in [3.05, 3.63) is 65.7 Å². The van der Waals surface area contributed by atoms with Gasteiger partial charge in [-0.3, -0.25) is 0 Å². The molecule has 20 heavy (non-hydrogen) atoms. The zero-order valence-corrected chi connectivity index (χ0v) is 11.6. The van der Waals surface area contributed by atoms with Crippen LogP contribution in [-0.2, 0) is 0 Å². The Morgan fingerprint density at radius 3 is 2.50 bits per heavy atom. The van der Waals surface area contributed by atoms with Crippen molar-refractivity contribution in [3.8, 4) is 0 Å². The van der Waals surface area contributed by atoms with Gasteiger partial charge >= 0.3 is 0 Å². The Labute approximate surface area is 117 Å². The van der Waals surface area contributed by atoms with E-state index < -0.39 is 0 Å². The van der Waals surface area contributed by atoms with Gasteiger partial charge in [-0.05, 0) is 54.4 Å². The molecule has 0 aliphatic heterocycles. The number of aryl methyl sites for hydroxylation is 2. The van der Waals surface area contributed by atoms with Crippen LogP contribution in [0.2, 0.25) is 0 Å². The number of aromatic nitrogens is 1. The van der Waals surface area contributed by atoms with E-state index in [1.54, 1.807) is 0 Å². The largest absolute Gasteiger partial charge is 0.248 e. The molecule has 3 aromatic carbocycles. The van der Waals surface area contributed by atoms with Crippen LogP contribution >= 0.6 is 0 Å². The van der Waals surface area contributed by atoms with E-state index in [0.717, 1.165) is 11.0 Å². The lowest BCUT2D eigenvalue weighted by Gasteiger charge is -2.08. The molecule has 1 heterocycles. The Kier molecular flexibility index (Phi) is 2.31. The number of rotatable bonds is 0. The average molecular weight is 257 g/mol. The number of benzene rings is 3. The standard InChI is InChI=1S/C19H15N/c1-12-6-8-17-15(10-12)11-16-18(20-17)9-7-14-5-3-4-13(2)19(14)16/h3-11H,1-2H3. The molecule has 4 aromatic rings. The van der Waals surface area contributed by atoms with E-state index in [1.807, 2.05) is 0 Å². The number of hydrogen-bond acceptors (Lipinski definition) is 1. The lowest BCUT2D eigenvalue weighted by molar-refractivity contribution is 1.45. The van der Waals surface area contributed by atoms with Crippen LogP contribution in [0, 0.1) is 13.8 Å². The Morgan fingerprint density at radius 1 is 0.750 bits per heavy atom. The van der Waals surface area contributed by atoms with Crippen LogP contribution in [0.3, 0.4) is 0 Å². The number of pyridine rings is 1. The molecule has 0 aliphatic carbocycles. The molecule has 0 spiro atoms. The summed E-state index contributed by atoms with van der Waals surface area (Å²) in [5.74, 6) is 0. The fourth-order valence-corrected chi connectivity index (χ4v) is 3.00. The van der Waals surface area contributed by atoms with Crippen LogP contribution in [0.25, 0.3) is 32.6 Å². The molecule has 0 fully saturated rings. The maximum Gasteiger partial charge on any atom is 0.0716 e. The zero-order chi connectivity index (χ0) is 13.7. The minimum Gasteiger partial charge on any atom is -0.248 e. The molecule has 0 atom stereocenters. The monoisotopic (exact) mass is 257 g/mol. The molecule has 0 saturated heterocycles. The van der Waals surface area contributed by atoms with Crippen molar-refractivity contribution in [3.63, 3.8) is 0 Å². The van der Waals surface area contributed by atoms with Gasteiger partial charge in [0.1, 0.15) is 0 Å². The molecule has 96 valence electrons. The second-order valence-corrected chi connectivity index (χ2v) is 5.49. The van der Waals surface area contributed by atoms with Crippen LogP contribution in [0.1, 0.15) is 11.1 Å². The van der Waals surface area contributed by atoms with Gasteiger partial charge in [0.2, 0.25) is 0 Å². The first-order valence-electron chi connectivity index (χ1n) is 6.92. The molecule has 0 amide bonds. The average Bonchev–Trinajstić information content (AvgIpc) is 2.45. The quantitative estimate of drug-likeness (QED) is 0.313. The van der Waals surface area contributed by atoms with Crippen molar-refractivity contribution in [2.24, 2.45) is 0 Å². The van der Waals surface area contributed by atoms with E-state index in [4.69, 9.17) is 4.98 Å². The highest BCUT2D eigenvalue weighted by molar-refractivity contribution is 6.10. The van der Waals surface area contributed by atoms with E-state index in [-0.39, 0.29) is 0 Å². The smallest absolute Gasteiger partial charge is 0.0716 e. The van der Waals surface area contributed by atoms with Crippen molar-refractivity contribution < 1.29 is 0 Å². The number of hydrogen-bond donors (Lipinski definition) is 0. The summed E-state index contributed by atoms with van der Waals surface area (Å²) in [6, 6.07) is 19.4. The fourth-order valence-electron chi connectivity index (χ4n) is 3.00. The van der Waals surface area contributed by atoms with Gasteiger partial charge in [-0.1, -0.05) is 35.9 Å². The Balaban J connectivity index is 2.26. The minimum atomic E-state index is 1.07. The molecular formula is C19H15N. The third kappa shape index (κ3) is 1.60. The minimum absolute atomic E-state index is 1.07.